The van der Waals surface area contributed by atoms with Crippen LogP contribution in [0, 0.1) is 0 Å². The number of allylic oxidation sites excluding steroid dienone is 2. The Bertz CT molecular complexity index is 2470. The zero-order valence-electron chi connectivity index (χ0n) is 23.0. The molecule has 5 heteroatoms. The van der Waals surface area contributed by atoms with Crippen LogP contribution in [-0.4, -0.2) is 22.7 Å². The molecule has 1 N–H and O–H groups in total. The quantitative estimate of drug-likeness (QED) is 0.171. The number of aromatic nitrogens is 2. The van der Waals surface area contributed by atoms with Crippen molar-refractivity contribution in [3.05, 3.63) is 98.9 Å². The molecule has 0 amide bonds. The zero-order valence-corrected chi connectivity index (χ0v) is 23.0. The van der Waals surface area contributed by atoms with Gasteiger partial charge >= 0.3 is 0 Å². The second-order valence-electron chi connectivity index (χ2n) is 10.9. The summed E-state index contributed by atoms with van der Waals surface area (Å²) in [4.78, 5) is 31.3. The van der Waals surface area contributed by atoms with Crippen LogP contribution in [0.2, 0.25) is 0 Å². The highest BCUT2D eigenvalue weighted by molar-refractivity contribution is 6.38. The van der Waals surface area contributed by atoms with E-state index < -0.39 is 0 Å². The van der Waals surface area contributed by atoms with Gasteiger partial charge in [-0.05, 0) is 82.3 Å². The molecule has 1 saturated carbocycles. The normalized spacial score (nSPS) is 14.8. The van der Waals surface area contributed by atoms with Crippen molar-refractivity contribution in [3.63, 3.8) is 0 Å². The van der Waals surface area contributed by atoms with E-state index in [0.717, 1.165) is 89.6 Å². The number of carbonyl (C=O) groups is 1. The number of carbonyl (C=O) groups excluding carboxylic acids is 1. The first-order valence-corrected chi connectivity index (χ1v) is 14.1. The highest BCUT2D eigenvalue weighted by Gasteiger charge is 2.23. The Morgan fingerprint density at radius 1 is 0.878 bits per heavy atom. The predicted molar refractivity (Wildman–Crippen MR) is 171 cm³/mol. The van der Waals surface area contributed by atoms with Gasteiger partial charge in [0.2, 0.25) is 0 Å². The van der Waals surface area contributed by atoms with Gasteiger partial charge in [-0.1, -0.05) is 55.1 Å². The van der Waals surface area contributed by atoms with E-state index in [1.807, 2.05) is 38.3 Å². The zero-order chi connectivity index (χ0) is 28.0. The maximum Gasteiger partial charge on any atom is 0.264 e. The van der Waals surface area contributed by atoms with Crippen molar-refractivity contribution in [2.75, 3.05) is 7.05 Å². The number of pyridine rings is 1. The molecular formula is C36H27N3O2. The smallest absolute Gasteiger partial charge is 0.264 e. The Balaban J connectivity index is 1.62. The van der Waals surface area contributed by atoms with E-state index >= 15 is 0 Å². The number of benzene rings is 5. The topological polar surface area (TPSA) is 63.5 Å². The first-order valence-electron chi connectivity index (χ1n) is 14.1. The van der Waals surface area contributed by atoms with Gasteiger partial charge in [0.25, 0.3) is 5.56 Å². The molecule has 7 aromatic rings. The minimum absolute atomic E-state index is 0.0849. The Morgan fingerprint density at radius 3 is 2.10 bits per heavy atom. The van der Waals surface area contributed by atoms with E-state index in [0.29, 0.717) is 16.6 Å². The van der Waals surface area contributed by atoms with Gasteiger partial charge < -0.3 is 5.32 Å². The molecule has 8 rings (SSSR count). The van der Waals surface area contributed by atoms with Crippen LogP contribution in [0.5, 0.6) is 0 Å². The first-order chi connectivity index (χ1) is 20.1. The third-order valence-corrected chi connectivity index (χ3v) is 9.06. The molecule has 1 fully saturated rings. The van der Waals surface area contributed by atoms with Crippen LogP contribution in [0.4, 0.5) is 0 Å². The van der Waals surface area contributed by atoms with Gasteiger partial charge in [0.05, 0.1) is 10.7 Å². The van der Waals surface area contributed by atoms with Crippen molar-refractivity contribution >= 4 is 83.6 Å². The Kier molecular flexibility index (Phi) is 4.93. The molecule has 0 bridgehead atoms. The molecular weight excluding hydrogens is 506 g/mol. The standard InChI is InChI=1S/C36H27N3O2/c1-4-7-29-28(5-2)38-35-26-16-13-23-22-12-15-25(34(37-3)19-8-6-9-19)30-20(18-40)10-11-21(31(22)30)24-14-17-27(33(26)32(23)24)36(41)39(29)35/h4-5,7,10-18,37H,1,6,8-9H2,2-3H3/b28-5+,29-7+. The highest BCUT2D eigenvalue weighted by atomic mass is 16.1. The number of nitrogens with one attached hydrogen (secondary N) is 1. The van der Waals surface area contributed by atoms with E-state index in [9.17, 15) is 9.59 Å². The van der Waals surface area contributed by atoms with Gasteiger partial charge in [-0.25, -0.2) is 4.98 Å². The summed E-state index contributed by atoms with van der Waals surface area (Å²) in [6, 6.07) is 16.6. The van der Waals surface area contributed by atoms with E-state index in [1.54, 1.807) is 10.5 Å². The average molecular weight is 534 g/mol. The lowest BCUT2D eigenvalue weighted by Crippen LogP contribution is -2.32. The Labute approximate surface area is 235 Å². The van der Waals surface area contributed by atoms with Crippen LogP contribution in [0.25, 0.3) is 77.4 Å². The monoisotopic (exact) mass is 533 g/mol. The van der Waals surface area contributed by atoms with E-state index in [-0.39, 0.29) is 5.56 Å². The molecule has 5 aromatic carbocycles. The van der Waals surface area contributed by atoms with Crippen molar-refractivity contribution in [2.24, 2.45) is 0 Å². The SMILES string of the molecule is C=C/C=c1\c(=C/C)nc2c3ccc4c5ccc(C(NC)=C6CCC6)c6c(C=O)ccc(c7ccc(c(=O)n12)c3c74)c65. The minimum Gasteiger partial charge on any atom is -0.388 e. The number of aldehydes is 1. The molecule has 0 unspecified atom stereocenters. The lowest BCUT2D eigenvalue weighted by Gasteiger charge is -2.25. The number of nitrogens with zero attached hydrogens (tertiary/aromatic N) is 2. The molecule has 2 heterocycles. The Hall–Kier alpha value is -5.03. The van der Waals surface area contributed by atoms with E-state index in [4.69, 9.17) is 4.98 Å². The lowest BCUT2D eigenvalue weighted by atomic mass is 9.82. The summed E-state index contributed by atoms with van der Waals surface area (Å²) in [5.74, 6) is 0. The highest BCUT2D eigenvalue weighted by Crippen LogP contribution is 2.45. The second-order valence-corrected chi connectivity index (χ2v) is 10.9. The van der Waals surface area contributed by atoms with E-state index in [2.05, 4.69) is 48.3 Å². The summed E-state index contributed by atoms with van der Waals surface area (Å²) in [5, 5.41) is 14.9. The molecule has 0 radical (unpaired) electrons. The van der Waals surface area contributed by atoms with Crippen LogP contribution in [-0.2, 0) is 0 Å². The van der Waals surface area contributed by atoms with Crippen LogP contribution in [0.15, 0.2) is 71.6 Å². The average Bonchev–Trinajstić information content (AvgIpc) is 3.35. The number of fused-ring (bicyclic) bond motifs is 4. The number of imidazole rings is 1. The molecule has 41 heavy (non-hydrogen) atoms. The molecule has 0 saturated heterocycles. The largest absolute Gasteiger partial charge is 0.388 e. The van der Waals surface area contributed by atoms with Crippen LogP contribution in [0.1, 0.15) is 42.1 Å². The summed E-state index contributed by atoms with van der Waals surface area (Å²) in [7, 11) is 1.97. The summed E-state index contributed by atoms with van der Waals surface area (Å²) in [6.07, 6.45) is 9.79. The molecule has 1 aliphatic rings. The molecule has 0 atom stereocenters. The Morgan fingerprint density at radius 2 is 1.49 bits per heavy atom. The van der Waals surface area contributed by atoms with Crippen LogP contribution in [0.3, 0.4) is 0 Å². The number of rotatable bonds is 4. The fraction of sp³-hybridized carbons (Fsp3) is 0.139. The fourth-order valence-electron chi connectivity index (χ4n) is 7.13. The second kappa shape index (κ2) is 8.48. The summed E-state index contributed by atoms with van der Waals surface area (Å²) >= 11 is 0. The molecule has 0 aliphatic heterocycles. The molecule has 2 aromatic heterocycles. The van der Waals surface area contributed by atoms with Crippen molar-refractivity contribution in [3.8, 4) is 0 Å². The van der Waals surface area contributed by atoms with E-state index in [1.165, 1.54) is 12.0 Å². The lowest BCUT2D eigenvalue weighted by molar-refractivity contribution is 0.112. The van der Waals surface area contributed by atoms with Crippen molar-refractivity contribution in [2.45, 2.75) is 26.2 Å². The van der Waals surface area contributed by atoms with Crippen molar-refractivity contribution in [1.29, 1.82) is 0 Å². The van der Waals surface area contributed by atoms with Gasteiger partial charge in [-0.2, -0.15) is 0 Å². The maximum atomic E-state index is 14.0. The molecule has 1 aliphatic carbocycles. The predicted octanol–water partition coefficient (Wildman–Crippen LogP) is 6.03. The summed E-state index contributed by atoms with van der Waals surface area (Å²) in [6.45, 7) is 5.78. The van der Waals surface area contributed by atoms with Gasteiger partial charge in [0, 0.05) is 45.4 Å². The summed E-state index contributed by atoms with van der Waals surface area (Å²) in [5.41, 5.74) is 4.87. The molecule has 198 valence electrons. The minimum atomic E-state index is -0.0849. The van der Waals surface area contributed by atoms with Gasteiger partial charge in [-0.15, -0.1) is 0 Å². The molecule has 5 nitrogen and oxygen atoms in total. The number of hydrogen-bond donors (Lipinski definition) is 1. The van der Waals surface area contributed by atoms with Crippen LogP contribution < -0.4 is 21.6 Å². The van der Waals surface area contributed by atoms with Crippen LogP contribution >= 0.6 is 0 Å². The first kappa shape index (κ1) is 23.8. The van der Waals surface area contributed by atoms with Gasteiger partial charge in [0.15, 0.2) is 6.29 Å². The summed E-state index contributed by atoms with van der Waals surface area (Å²) < 4.78 is 1.71. The third kappa shape index (κ3) is 2.93. The fourth-order valence-corrected chi connectivity index (χ4v) is 7.13. The van der Waals surface area contributed by atoms with Gasteiger partial charge in [-0.3, -0.25) is 14.0 Å². The molecule has 0 spiro atoms. The maximum absolute atomic E-state index is 14.0. The van der Waals surface area contributed by atoms with Crippen molar-refractivity contribution in [1.82, 2.24) is 14.7 Å². The third-order valence-electron chi connectivity index (χ3n) is 9.06. The van der Waals surface area contributed by atoms with Crippen molar-refractivity contribution < 1.29 is 4.79 Å². The number of hydrogen-bond acceptors (Lipinski definition) is 4. The van der Waals surface area contributed by atoms with Gasteiger partial charge in [0.1, 0.15) is 5.65 Å².